The maximum absolute atomic E-state index is 12.2. The summed E-state index contributed by atoms with van der Waals surface area (Å²) in [6.45, 7) is 1.94. The quantitative estimate of drug-likeness (QED) is 0.800. The van der Waals surface area contributed by atoms with E-state index < -0.39 is 5.38 Å². The Labute approximate surface area is 132 Å². The smallest absolute Gasteiger partial charge is 0.243 e. The SMILES string of the molecule is CC(NC(=O)C(Cl)c1ccccc1)c1ccccc1Br. The van der Waals surface area contributed by atoms with Gasteiger partial charge in [-0.05, 0) is 24.1 Å². The molecule has 2 nitrogen and oxygen atoms in total. The monoisotopic (exact) mass is 351 g/mol. The van der Waals surface area contributed by atoms with Crippen molar-refractivity contribution in [3.8, 4) is 0 Å². The van der Waals surface area contributed by atoms with Crippen LogP contribution in [0.1, 0.15) is 29.5 Å². The fraction of sp³-hybridized carbons (Fsp3) is 0.188. The van der Waals surface area contributed by atoms with E-state index in [1.54, 1.807) is 0 Å². The topological polar surface area (TPSA) is 29.1 Å². The van der Waals surface area contributed by atoms with Gasteiger partial charge in [-0.1, -0.05) is 64.5 Å². The van der Waals surface area contributed by atoms with Gasteiger partial charge in [0.25, 0.3) is 0 Å². The first-order valence-electron chi connectivity index (χ1n) is 6.33. The first kappa shape index (κ1) is 15.1. The molecule has 2 atom stereocenters. The van der Waals surface area contributed by atoms with Gasteiger partial charge in [-0.3, -0.25) is 4.79 Å². The van der Waals surface area contributed by atoms with Crippen molar-refractivity contribution >= 4 is 33.4 Å². The highest BCUT2D eigenvalue weighted by Gasteiger charge is 2.20. The van der Waals surface area contributed by atoms with E-state index in [2.05, 4.69) is 21.2 Å². The molecule has 2 aromatic rings. The summed E-state index contributed by atoms with van der Waals surface area (Å²) in [5.74, 6) is -0.193. The van der Waals surface area contributed by atoms with Gasteiger partial charge >= 0.3 is 0 Å². The molecule has 1 amide bonds. The lowest BCUT2D eigenvalue weighted by Crippen LogP contribution is -2.29. The molecule has 0 aliphatic carbocycles. The van der Waals surface area contributed by atoms with E-state index in [4.69, 9.17) is 11.6 Å². The third-order valence-electron chi connectivity index (χ3n) is 3.05. The molecule has 0 aromatic heterocycles. The van der Waals surface area contributed by atoms with Crippen LogP contribution in [0.5, 0.6) is 0 Å². The summed E-state index contributed by atoms with van der Waals surface area (Å²) in [4.78, 5) is 12.2. The highest BCUT2D eigenvalue weighted by atomic mass is 79.9. The Morgan fingerprint density at radius 2 is 1.70 bits per heavy atom. The van der Waals surface area contributed by atoms with Crippen molar-refractivity contribution in [1.82, 2.24) is 5.32 Å². The molecule has 0 fully saturated rings. The maximum Gasteiger partial charge on any atom is 0.243 e. The Hall–Kier alpha value is -1.32. The third kappa shape index (κ3) is 3.62. The highest BCUT2D eigenvalue weighted by Crippen LogP contribution is 2.25. The Balaban J connectivity index is 2.07. The summed E-state index contributed by atoms with van der Waals surface area (Å²) in [5.41, 5.74) is 1.82. The average molecular weight is 353 g/mol. The number of nitrogens with one attached hydrogen (secondary N) is 1. The first-order valence-corrected chi connectivity index (χ1v) is 7.56. The molecule has 104 valence electrons. The summed E-state index contributed by atoms with van der Waals surface area (Å²) < 4.78 is 0.971. The van der Waals surface area contributed by atoms with E-state index in [0.29, 0.717) is 0 Å². The molecule has 0 bridgehead atoms. The van der Waals surface area contributed by atoms with E-state index in [1.807, 2.05) is 61.5 Å². The van der Waals surface area contributed by atoms with E-state index in [9.17, 15) is 4.79 Å². The molecule has 0 aliphatic rings. The van der Waals surface area contributed by atoms with Crippen molar-refractivity contribution < 1.29 is 4.79 Å². The van der Waals surface area contributed by atoms with Gasteiger partial charge in [0.1, 0.15) is 5.38 Å². The molecule has 20 heavy (non-hydrogen) atoms. The fourth-order valence-electron chi connectivity index (χ4n) is 1.96. The summed E-state index contributed by atoms with van der Waals surface area (Å²) in [7, 11) is 0. The van der Waals surface area contributed by atoms with Crippen LogP contribution in [-0.4, -0.2) is 5.91 Å². The second-order valence-corrected chi connectivity index (χ2v) is 5.82. The molecule has 2 rings (SSSR count). The molecule has 0 aliphatic heterocycles. The Morgan fingerprint density at radius 1 is 1.10 bits per heavy atom. The predicted octanol–water partition coefficient (Wildman–Crippen LogP) is 4.61. The van der Waals surface area contributed by atoms with Crippen LogP contribution in [0.15, 0.2) is 59.1 Å². The average Bonchev–Trinajstić information content (AvgIpc) is 2.47. The normalized spacial score (nSPS) is 13.6. The summed E-state index contributed by atoms with van der Waals surface area (Å²) in [6.07, 6.45) is 0. The zero-order chi connectivity index (χ0) is 14.5. The number of benzene rings is 2. The predicted molar refractivity (Wildman–Crippen MR) is 85.7 cm³/mol. The zero-order valence-corrected chi connectivity index (χ0v) is 13.4. The molecule has 2 aromatic carbocycles. The lowest BCUT2D eigenvalue weighted by Gasteiger charge is -2.18. The molecular weight excluding hydrogens is 338 g/mol. The number of hydrogen-bond acceptors (Lipinski definition) is 1. The van der Waals surface area contributed by atoms with Crippen molar-refractivity contribution in [3.63, 3.8) is 0 Å². The van der Waals surface area contributed by atoms with Crippen molar-refractivity contribution in [3.05, 3.63) is 70.2 Å². The van der Waals surface area contributed by atoms with Gasteiger partial charge in [-0.2, -0.15) is 0 Å². The van der Waals surface area contributed by atoms with E-state index >= 15 is 0 Å². The molecule has 0 saturated carbocycles. The van der Waals surface area contributed by atoms with Crippen LogP contribution in [0.3, 0.4) is 0 Å². The van der Waals surface area contributed by atoms with Crippen LogP contribution in [0.4, 0.5) is 0 Å². The fourth-order valence-corrected chi connectivity index (χ4v) is 2.80. The molecule has 0 heterocycles. The van der Waals surface area contributed by atoms with Gasteiger partial charge in [0.05, 0.1) is 6.04 Å². The minimum Gasteiger partial charge on any atom is -0.348 e. The molecule has 2 unspecified atom stereocenters. The first-order chi connectivity index (χ1) is 9.59. The summed E-state index contributed by atoms with van der Waals surface area (Å²) >= 11 is 9.69. The van der Waals surface area contributed by atoms with Gasteiger partial charge < -0.3 is 5.32 Å². The molecule has 0 radical (unpaired) electrons. The second kappa shape index (κ2) is 6.91. The van der Waals surface area contributed by atoms with Crippen molar-refractivity contribution in [2.45, 2.75) is 18.3 Å². The van der Waals surface area contributed by atoms with Crippen LogP contribution in [0, 0.1) is 0 Å². The van der Waals surface area contributed by atoms with Crippen LogP contribution in [0.25, 0.3) is 0 Å². The van der Waals surface area contributed by atoms with Crippen molar-refractivity contribution in [2.24, 2.45) is 0 Å². The number of rotatable bonds is 4. The molecule has 0 spiro atoms. The molecule has 0 saturated heterocycles. The van der Waals surface area contributed by atoms with Gasteiger partial charge in [0, 0.05) is 4.47 Å². The number of halogens is 2. The zero-order valence-electron chi connectivity index (χ0n) is 11.0. The van der Waals surface area contributed by atoms with Gasteiger partial charge in [0.15, 0.2) is 0 Å². The van der Waals surface area contributed by atoms with Gasteiger partial charge in [0.2, 0.25) is 5.91 Å². The van der Waals surface area contributed by atoms with Gasteiger partial charge in [-0.15, -0.1) is 11.6 Å². The largest absolute Gasteiger partial charge is 0.348 e. The third-order valence-corrected chi connectivity index (χ3v) is 4.23. The lowest BCUT2D eigenvalue weighted by molar-refractivity contribution is -0.121. The van der Waals surface area contributed by atoms with Crippen molar-refractivity contribution in [2.75, 3.05) is 0 Å². The molecular formula is C16H15BrClNO. The molecule has 1 N–H and O–H groups in total. The second-order valence-electron chi connectivity index (χ2n) is 4.53. The Morgan fingerprint density at radius 3 is 2.35 bits per heavy atom. The van der Waals surface area contributed by atoms with Crippen LogP contribution >= 0.6 is 27.5 Å². The number of carbonyl (C=O) groups is 1. The number of alkyl halides is 1. The summed E-state index contributed by atoms with van der Waals surface area (Å²) in [5, 5.41) is 2.25. The minimum absolute atomic E-state index is 0.108. The lowest BCUT2D eigenvalue weighted by atomic mass is 10.1. The van der Waals surface area contributed by atoms with Crippen LogP contribution in [0.2, 0.25) is 0 Å². The van der Waals surface area contributed by atoms with E-state index in [0.717, 1.165) is 15.6 Å². The van der Waals surface area contributed by atoms with E-state index in [-0.39, 0.29) is 11.9 Å². The minimum atomic E-state index is -0.680. The van der Waals surface area contributed by atoms with Crippen LogP contribution < -0.4 is 5.32 Å². The van der Waals surface area contributed by atoms with E-state index in [1.165, 1.54) is 0 Å². The summed E-state index contributed by atoms with van der Waals surface area (Å²) in [6, 6.07) is 17.0. The number of amides is 1. The molecule has 4 heteroatoms. The van der Waals surface area contributed by atoms with Crippen molar-refractivity contribution in [1.29, 1.82) is 0 Å². The number of hydrogen-bond donors (Lipinski definition) is 1. The van der Waals surface area contributed by atoms with Gasteiger partial charge in [-0.25, -0.2) is 0 Å². The number of carbonyl (C=O) groups excluding carboxylic acids is 1. The van der Waals surface area contributed by atoms with Crippen LogP contribution in [-0.2, 0) is 4.79 Å². The Bertz CT molecular complexity index is 588. The standard InChI is InChI=1S/C16H15BrClNO/c1-11(13-9-5-6-10-14(13)17)19-16(20)15(18)12-7-3-2-4-8-12/h2-11,15H,1H3,(H,19,20). The highest BCUT2D eigenvalue weighted by molar-refractivity contribution is 9.10. The maximum atomic E-state index is 12.2. The Kier molecular flexibility index (Phi) is 5.21.